The second kappa shape index (κ2) is 12.7. The van der Waals surface area contributed by atoms with Crippen LogP contribution in [0.1, 0.15) is 23.5 Å². The van der Waals surface area contributed by atoms with E-state index in [1.807, 2.05) is 41.0 Å². The largest absolute Gasteiger partial charge is 0.497 e. The number of nitrogens with zero attached hydrogens (tertiary/aromatic N) is 3. The van der Waals surface area contributed by atoms with Crippen molar-refractivity contribution in [3.63, 3.8) is 0 Å². The summed E-state index contributed by atoms with van der Waals surface area (Å²) in [6.07, 6.45) is 2.62. The highest BCUT2D eigenvalue weighted by molar-refractivity contribution is 7.99. The van der Waals surface area contributed by atoms with Crippen molar-refractivity contribution in [1.82, 2.24) is 20.1 Å². The number of hydrogen-bond donors (Lipinski definition) is 1. The van der Waals surface area contributed by atoms with Gasteiger partial charge in [0.2, 0.25) is 5.91 Å². The number of rotatable bonds is 12. The van der Waals surface area contributed by atoms with Gasteiger partial charge in [0, 0.05) is 24.6 Å². The van der Waals surface area contributed by atoms with Crippen molar-refractivity contribution < 1.29 is 9.53 Å². The Hall–Kier alpha value is -3.84. The molecule has 0 bridgehead atoms. The minimum absolute atomic E-state index is 0.0287. The molecule has 36 heavy (non-hydrogen) atoms. The average molecular weight is 499 g/mol. The summed E-state index contributed by atoms with van der Waals surface area (Å²) in [5.74, 6) is 1.97. The molecule has 1 aromatic heterocycles. The van der Waals surface area contributed by atoms with Crippen LogP contribution in [0.4, 0.5) is 0 Å². The molecule has 4 aromatic rings. The van der Waals surface area contributed by atoms with E-state index in [4.69, 9.17) is 4.74 Å². The van der Waals surface area contributed by atoms with Gasteiger partial charge in [0.15, 0.2) is 11.0 Å². The van der Waals surface area contributed by atoms with Crippen LogP contribution in [0.25, 0.3) is 11.4 Å². The second-order valence-corrected chi connectivity index (χ2v) is 9.18. The predicted molar refractivity (Wildman–Crippen MR) is 145 cm³/mol. The van der Waals surface area contributed by atoms with Gasteiger partial charge in [0.25, 0.3) is 0 Å². The van der Waals surface area contributed by atoms with Crippen LogP contribution in [0.2, 0.25) is 0 Å². The van der Waals surface area contributed by atoms with Gasteiger partial charge in [-0.1, -0.05) is 78.5 Å². The molecule has 0 unspecified atom stereocenters. The van der Waals surface area contributed by atoms with Crippen molar-refractivity contribution in [3.05, 3.63) is 109 Å². The first-order valence-electron chi connectivity index (χ1n) is 11.9. The number of amides is 1. The van der Waals surface area contributed by atoms with Gasteiger partial charge in [-0.2, -0.15) is 0 Å². The van der Waals surface area contributed by atoms with Crippen LogP contribution >= 0.6 is 11.8 Å². The Kier molecular flexibility index (Phi) is 8.94. The fourth-order valence-corrected chi connectivity index (χ4v) is 4.85. The highest BCUT2D eigenvalue weighted by Crippen LogP contribution is 2.28. The molecule has 7 heteroatoms. The number of carbonyl (C=O) groups excluding carboxylic acids is 1. The van der Waals surface area contributed by atoms with E-state index >= 15 is 0 Å². The fraction of sp³-hybridized carbons (Fsp3) is 0.207. The number of aromatic nitrogens is 3. The van der Waals surface area contributed by atoms with Crippen LogP contribution in [0.15, 0.2) is 103 Å². The Balaban J connectivity index is 1.36. The number of thioether (sulfide) groups is 1. The van der Waals surface area contributed by atoms with E-state index in [9.17, 15) is 4.79 Å². The third-order valence-corrected chi connectivity index (χ3v) is 6.83. The lowest BCUT2D eigenvalue weighted by Crippen LogP contribution is -2.27. The van der Waals surface area contributed by atoms with Gasteiger partial charge in [-0.3, -0.25) is 9.36 Å². The Morgan fingerprint density at radius 2 is 1.64 bits per heavy atom. The summed E-state index contributed by atoms with van der Waals surface area (Å²) >= 11 is 1.37. The van der Waals surface area contributed by atoms with Gasteiger partial charge >= 0.3 is 0 Å². The number of ether oxygens (including phenoxy) is 1. The molecule has 0 saturated carbocycles. The van der Waals surface area contributed by atoms with Crippen molar-refractivity contribution in [2.75, 3.05) is 19.4 Å². The predicted octanol–water partition coefficient (Wildman–Crippen LogP) is 5.57. The summed E-state index contributed by atoms with van der Waals surface area (Å²) in [5, 5.41) is 12.5. The van der Waals surface area contributed by atoms with Crippen LogP contribution in [-0.2, 0) is 11.3 Å². The number of methoxy groups -OCH3 is 1. The first-order chi connectivity index (χ1) is 17.7. The molecular formula is C29H30N4O2S. The molecule has 3 aromatic carbocycles. The highest BCUT2D eigenvalue weighted by atomic mass is 32.2. The lowest BCUT2D eigenvalue weighted by molar-refractivity contribution is -0.118. The van der Waals surface area contributed by atoms with Crippen LogP contribution in [0.5, 0.6) is 5.75 Å². The smallest absolute Gasteiger partial charge is 0.230 e. The molecule has 1 N–H and O–H groups in total. The zero-order valence-corrected chi connectivity index (χ0v) is 21.2. The molecular weight excluding hydrogens is 468 g/mol. The molecule has 0 aliphatic heterocycles. The number of benzene rings is 3. The van der Waals surface area contributed by atoms with E-state index in [1.54, 1.807) is 13.2 Å². The first kappa shape index (κ1) is 25.3. The van der Waals surface area contributed by atoms with Crippen LogP contribution in [-0.4, -0.2) is 40.1 Å². The molecule has 6 nitrogen and oxygen atoms in total. The summed E-state index contributed by atoms with van der Waals surface area (Å²) in [5.41, 5.74) is 3.42. The first-order valence-corrected chi connectivity index (χ1v) is 12.9. The average Bonchev–Trinajstić information content (AvgIpc) is 3.33. The number of allylic oxidation sites excluding steroid dienone is 1. The van der Waals surface area contributed by atoms with Crippen molar-refractivity contribution in [1.29, 1.82) is 0 Å². The number of carbonyl (C=O) groups is 1. The molecule has 0 fully saturated rings. The third-order valence-electron chi connectivity index (χ3n) is 5.87. The zero-order chi connectivity index (χ0) is 25.2. The van der Waals surface area contributed by atoms with Crippen LogP contribution in [0.3, 0.4) is 0 Å². The van der Waals surface area contributed by atoms with Crippen molar-refractivity contribution >= 4 is 17.7 Å². The number of hydrogen-bond acceptors (Lipinski definition) is 5. The van der Waals surface area contributed by atoms with Crippen molar-refractivity contribution in [2.45, 2.75) is 24.0 Å². The maximum Gasteiger partial charge on any atom is 0.230 e. The molecule has 184 valence electrons. The topological polar surface area (TPSA) is 69.0 Å². The third kappa shape index (κ3) is 6.43. The zero-order valence-electron chi connectivity index (χ0n) is 20.3. The van der Waals surface area contributed by atoms with Gasteiger partial charge in [0.05, 0.1) is 12.9 Å². The lowest BCUT2D eigenvalue weighted by Gasteiger charge is -2.18. The maximum absolute atomic E-state index is 12.7. The lowest BCUT2D eigenvalue weighted by atomic mass is 9.88. The second-order valence-electron chi connectivity index (χ2n) is 8.24. The van der Waals surface area contributed by atoms with Gasteiger partial charge in [-0.05, 0) is 41.8 Å². The van der Waals surface area contributed by atoms with E-state index in [1.165, 1.54) is 22.9 Å². The molecule has 4 rings (SSSR count). The monoisotopic (exact) mass is 498 g/mol. The minimum Gasteiger partial charge on any atom is -0.497 e. The van der Waals surface area contributed by atoms with Gasteiger partial charge in [-0.25, -0.2) is 0 Å². The van der Waals surface area contributed by atoms with E-state index in [0.717, 1.165) is 23.6 Å². The summed E-state index contributed by atoms with van der Waals surface area (Å²) < 4.78 is 7.21. The van der Waals surface area contributed by atoms with Crippen LogP contribution < -0.4 is 10.1 Å². The molecule has 0 spiro atoms. The highest BCUT2D eigenvalue weighted by Gasteiger charge is 2.17. The normalized spacial score (nSPS) is 10.8. The van der Waals surface area contributed by atoms with E-state index < -0.39 is 0 Å². The van der Waals surface area contributed by atoms with E-state index in [0.29, 0.717) is 18.2 Å². The summed E-state index contributed by atoms with van der Waals surface area (Å²) in [4.78, 5) is 12.7. The molecule has 0 saturated heterocycles. The molecule has 0 atom stereocenters. The fourth-order valence-electron chi connectivity index (χ4n) is 4.08. The van der Waals surface area contributed by atoms with Gasteiger partial charge < -0.3 is 10.1 Å². The summed E-state index contributed by atoms with van der Waals surface area (Å²) in [6.45, 7) is 4.99. The molecule has 0 radical (unpaired) electrons. The van der Waals surface area contributed by atoms with Crippen LogP contribution in [0, 0.1) is 0 Å². The Morgan fingerprint density at radius 1 is 1.00 bits per heavy atom. The SMILES string of the molecule is C=CCn1c(SCC(=O)NCCC(c2ccccc2)c2ccccc2)nnc1-c1ccc(OC)cc1. The maximum atomic E-state index is 12.7. The van der Waals surface area contributed by atoms with E-state index in [2.05, 4.69) is 70.6 Å². The standard InChI is InChI=1S/C29H30N4O2S/c1-3-20-33-28(24-14-16-25(35-2)17-15-24)31-32-29(33)36-21-27(34)30-19-18-26(22-10-6-4-7-11-22)23-12-8-5-9-13-23/h3-17,26H,1,18-21H2,2H3,(H,30,34). The quantitative estimate of drug-likeness (QED) is 0.204. The van der Waals surface area contributed by atoms with E-state index in [-0.39, 0.29) is 17.6 Å². The Labute approximate surface area is 216 Å². The van der Waals surface area contributed by atoms with Crippen molar-refractivity contribution in [3.8, 4) is 17.1 Å². The summed E-state index contributed by atoms with van der Waals surface area (Å²) in [6, 6.07) is 28.5. The Morgan fingerprint density at radius 3 is 2.22 bits per heavy atom. The molecule has 0 aliphatic carbocycles. The Bertz CT molecular complexity index is 1220. The molecule has 1 amide bonds. The number of nitrogens with one attached hydrogen (secondary N) is 1. The molecule has 0 aliphatic rings. The van der Waals surface area contributed by atoms with Crippen molar-refractivity contribution in [2.24, 2.45) is 0 Å². The molecule has 1 heterocycles. The minimum atomic E-state index is -0.0287. The van der Waals surface area contributed by atoms with Gasteiger partial charge in [0.1, 0.15) is 5.75 Å². The van der Waals surface area contributed by atoms with Gasteiger partial charge in [-0.15, -0.1) is 16.8 Å². The summed E-state index contributed by atoms with van der Waals surface area (Å²) in [7, 11) is 1.64.